The zero-order valence-corrected chi connectivity index (χ0v) is 23.9. The van der Waals surface area contributed by atoms with Gasteiger partial charge >= 0.3 is 5.97 Å². The lowest BCUT2D eigenvalue weighted by Crippen LogP contribution is -2.29. The third-order valence-electron chi connectivity index (χ3n) is 6.79. The highest BCUT2D eigenvalue weighted by molar-refractivity contribution is 5.77. The van der Waals surface area contributed by atoms with Crippen molar-refractivity contribution in [1.29, 1.82) is 5.26 Å². The average molecular weight is 599 g/mol. The number of nitriles is 1. The maximum absolute atomic E-state index is 14.0. The fourth-order valence-corrected chi connectivity index (χ4v) is 4.65. The molecule has 0 saturated carbocycles. The van der Waals surface area contributed by atoms with Crippen LogP contribution in [0.2, 0.25) is 0 Å². The van der Waals surface area contributed by atoms with Crippen molar-refractivity contribution >= 4 is 5.97 Å². The van der Waals surface area contributed by atoms with Crippen LogP contribution < -0.4 is 29.4 Å². The first-order valence-electron chi connectivity index (χ1n) is 13.8. The number of para-hydroxylation sites is 1. The Labute approximate surface area is 252 Å². The van der Waals surface area contributed by atoms with Crippen molar-refractivity contribution in [3.63, 3.8) is 0 Å². The Hall–Kier alpha value is -5.56. The summed E-state index contributed by atoms with van der Waals surface area (Å²) < 4.78 is 55.7. The summed E-state index contributed by atoms with van der Waals surface area (Å²) in [5.41, 5.74) is 8.43. The number of fused-ring (bicyclic) bond motifs is 1. The van der Waals surface area contributed by atoms with Crippen LogP contribution in [0.3, 0.4) is 0 Å². The van der Waals surface area contributed by atoms with Gasteiger partial charge in [0.1, 0.15) is 35.6 Å². The first-order valence-corrected chi connectivity index (χ1v) is 13.8. The van der Waals surface area contributed by atoms with Crippen LogP contribution in [0, 0.1) is 23.0 Å². The second-order valence-electron chi connectivity index (χ2n) is 9.79. The Morgan fingerprint density at radius 3 is 2.48 bits per heavy atom. The van der Waals surface area contributed by atoms with Crippen LogP contribution in [-0.4, -0.2) is 18.7 Å². The molecule has 0 saturated heterocycles. The summed E-state index contributed by atoms with van der Waals surface area (Å²) in [6.07, 6.45) is -1.10. The SMILES string of the molecule is CCOc1cc(C2C(C#N)=C(N)Oc3cc(OC(=O)C(C)Oc4ccccc4F)ccc32)ccc1OCc1ccc(F)cc1. The molecule has 8 nitrogen and oxygen atoms in total. The number of hydrogen-bond acceptors (Lipinski definition) is 8. The molecule has 44 heavy (non-hydrogen) atoms. The van der Waals surface area contributed by atoms with E-state index in [2.05, 4.69) is 6.07 Å². The summed E-state index contributed by atoms with van der Waals surface area (Å²) in [7, 11) is 0. The fourth-order valence-electron chi connectivity index (χ4n) is 4.65. The number of carbonyl (C=O) groups excluding carboxylic acids is 1. The maximum atomic E-state index is 14.0. The van der Waals surface area contributed by atoms with Gasteiger partial charge in [-0.15, -0.1) is 0 Å². The lowest BCUT2D eigenvalue weighted by Gasteiger charge is -2.27. The largest absolute Gasteiger partial charge is 0.490 e. The lowest BCUT2D eigenvalue weighted by molar-refractivity contribution is -0.141. The fraction of sp³-hybridized carbons (Fsp3) is 0.176. The monoisotopic (exact) mass is 598 g/mol. The average Bonchev–Trinajstić information content (AvgIpc) is 3.01. The number of ether oxygens (including phenoxy) is 5. The van der Waals surface area contributed by atoms with Crippen LogP contribution in [0.15, 0.2) is 96.4 Å². The predicted molar refractivity (Wildman–Crippen MR) is 156 cm³/mol. The Balaban J connectivity index is 1.39. The summed E-state index contributed by atoms with van der Waals surface area (Å²) in [6, 6.07) is 23.9. The van der Waals surface area contributed by atoms with Gasteiger partial charge in [0.05, 0.1) is 12.5 Å². The van der Waals surface area contributed by atoms with Crippen LogP contribution in [0.4, 0.5) is 8.78 Å². The van der Waals surface area contributed by atoms with Crippen LogP contribution >= 0.6 is 0 Å². The van der Waals surface area contributed by atoms with Crippen LogP contribution in [-0.2, 0) is 11.4 Å². The van der Waals surface area contributed by atoms with Gasteiger partial charge in [0, 0.05) is 11.6 Å². The molecule has 224 valence electrons. The van der Waals surface area contributed by atoms with Crippen LogP contribution in [0.1, 0.15) is 36.5 Å². The third kappa shape index (κ3) is 6.57. The zero-order valence-electron chi connectivity index (χ0n) is 23.9. The van der Waals surface area contributed by atoms with E-state index in [-0.39, 0.29) is 41.1 Å². The number of nitrogens with zero attached hydrogens (tertiary/aromatic N) is 1. The van der Waals surface area contributed by atoms with E-state index >= 15 is 0 Å². The van der Waals surface area contributed by atoms with Gasteiger partial charge in [0.15, 0.2) is 29.2 Å². The molecule has 0 bridgehead atoms. The molecule has 2 atom stereocenters. The van der Waals surface area contributed by atoms with Gasteiger partial charge in [-0.3, -0.25) is 0 Å². The van der Waals surface area contributed by atoms with E-state index in [4.69, 9.17) is 29.4 Å². The molecule has 5 rings (SSSR count). The van der Waals surface area contributed by atoms with Crippen molar-refractivity contribution in [3.05, 3.63) is 125 Å². The van der Waals surface area contributed by atoms with Crippen molar-refractivity contribution in [3.8, 4) is 34.8 Å². The first kappa shape index (κ1) is 29.9. The summed E-state index contributed by atoms with van der Waals surface area (Å²) in [6.45, 7) is 3.84. The standard InChI is InChI=1S/C34H28F2N2O6/c1-3-40-31-16-22(10-15-29(31)41-19-21-8-11-23(35)12-9-21)32-25-14-13-24(17-30(25)44-33(38)26(32)18-37)43-34(39)20(2)42-28-7-5-4-6-27(28)36/h4-17,20,32H,3,19,38H2,1-2H3. The zero-order chi connectivity index (χ0) is 31.2. The number of nitrogens with two attached hydrogens (primary N) is 1. The number of halogens is 2. The molecule has 0 fully saturated rings. The summed E-state index contributed by atoms with van der Waals surface area (Å²) in [4.78, 5) is 12.7. The van der Waals surface area contributed by atoms with Gasteiger partial charge < -0.3 is 29.4 Å². The highest BCUT2D eigenvalue weighted by Gasteiger charge is 2.32. The topological polar surface area (TPSA) is 113 Å². The Morgan fingerprint density at radius 1 is 0.977 bits per heavy atom. The highest BCUT2D eigenvalue weighted by Crippen LogP contribution is 2.45. The van der Waals surface area contributed by atoms with Gasteiger partial charge in [-0.25, -0.2) is 13.6 Å². The van der Waals surface area contributed by atoms with Gasteiger partial charge in [0.2, 0.25) is 5.88 Å². The van der Waals surface area contributed by atoms with Crippen LogP contribution in [0.25, 0.3) is 0 Å². The molecule has 0 amide bonds. The molecular formula is C34H28F2N2O6. The van der Waals surface area contributed by atoms with Crippen molar-refractivity contribution in [1.82, 2.24) is 0 Å². The van der Waals surface area contributed by atoms with E-state index in [1.807, 2.05) is 6.92 Å². The molecule has 2 unspecified atom stereocenters. The number of rotatable bonds is 10. The van der Waals surface area contributed by atoms with Crippen molar-refractivity contribution in [2.45, 2.75) is 32.5 Å². The molecule has 4 aromatic carbocycles. The summed E-state index contributed by atoms with van der Waals surface area (Å²) in [5.74, 6) is -1.13. The number of carbonyl (C=O) groups is 1. The first-order chi connectivity index (χ1) is 21.3. The lowest BCUT2D eigenvalue weighted by atomic mass is 9.83. The van der Waals surface area contributed by atoms with Gasteiger partial charge in [0.25, 0.3) is 0 Å². The van der Waals surface area contributed by atoms with Crippen LogP contribution in [0.5, 0.6) is 28.7 Å². The summed E-state index contributed by atoms with van der Waals surface area (Å²) in [5, 5.41) is 9.99. The minimum absolute atomic E-state index is 0.0752. The van der Waals surface area contributed by atoms with E-state index in [0.717, 1.165) is 5.56 Å². The van der Waals surface area contributed by atoms with Crippen molar-refractivity contribution in [2.75, 3.05) is 6.61 Å². The maximum Gasteiger partial charge on any atom is 0.352 e. The number of esters is 1. The van der Waals surface area contributed by atoms with Gasteiger partial charge in [-0.1, -0.05) is 36.4 Å². The Kier molecular flexibility index (Phi) is 8.95. The normalized spacial score (nSPS) is 14.5. The molecule has 2 N–H and O–H groups in total. The molecular weight excluding hydrogens is 570 g/mol. The molecule has 0 aromatic heterocycles. The second-order valence-corrected chi connectivity index (χ2v) is 9.79. The quantitative estimate of drug-likeness (QED) is 0.162. The molecule has 0 aliphatic carbocycles. The summed E-state index contributed by atoms with van der Waals surface area (Å²) >= 11 is 0. The predicted octanol–water partition coefficient (Wildman–Crippen LogP) is 6.53. The number of allylic oxidation sites excluding steroid dienone is 1. The Bertz CT molecular complexity index is 1750. The van der Waals surface area contributed by atoms with Gasteiger partial charge in [-0.05, 0) is 67.4 Å². The minimum Gasteiger partial charge on any atom is -0.490 e. The number of benzene rings is 4. The Morgan fingerprint density at radius 2 is 1.75 bits per heavy atom. The van der Waals surface area contributed by atoms with Gasteiger partial charge in [-0.2, -0.15) is 5.26 Å². The third-order valence-corrected chi connectivity index (χ3v) is 6.79. The van der Waals surface area contributed by atoms with E-state index in [1.165, 1.54) is 43.3 Å². The number of hydrogen-bond donors (Lipinski definition) is 1. The second kappa shape index (κ2) is 13.2. The molecule has 0 spiro atoms. The molecule has 4 aromatic rings. The van der Waals surface area contributed by atoms with E-state index in [9.17, 15) is 18.8 Å². The van der Waals surface area contributed by atoms with Crippen molar-refractivity contribution < 1.29 is 37.3 Å². The molecule has 0 radical (unpaired) electrons. The molecule has 10 heteroatoms. The molecule has 1 aliphatic heterocycles. The molecule has 1 aliphatic rings. The van der Waals surface area contributed by atoms with E-state index < -0.39 is 23.8 Å². The van der Waals surface area contributed by atoms with Crippen molar-refractivity contribution in [2.24, 2.45) is 5.73 Å². The smallest absolute Gasteiger partial charge is 0.352 e. The minimum atomic E-state index is -1.10. The highest BCUT2D eigenvalue weighted by atomic mass is 19.1. The molecule has 1 heterocycles. The van der Waals surface area contributed by atoms with E-state index in [0.29, 0.717) is 29.2 Å². The van der Waals surface area contributed by atoms with E-state index in [1.54, 1.807) is 48.5 Å².